The number of hydrogen-bond donors (Lipinski definition) is 3. The summed E-state index contributed by atoms with van der Waals surface area (Å²) in [4.78, 5) is 36.3. The van der Waals surface area contributed by atoms with Crippen molar-refractivity contribution in [2.45, 2.75) is 20.5 Å². The summed E-state index contributed by atoms with van der Waals surface area (Å²) in [5.74, 6) is -0.541. The van der Waals surface area contributed by atoms with Crippen LogP contribution in [0, 0.1) is 13.8 Å². The van der Waals surface area contributed by atoms with Gasteiger partial charge in [-0.1, -0.05) is 35.9 Å². The summed E-state index contributed by atoms with van der Waals surface area (Å²) in [5, 5.41) is 5.58. The number of carbonyl (C=O) groups is 2. The lowest BCUT2D eigenvalue weighted by Gasteiger charge is -2.10. The maximum atomic E-state index is 12.1. The summed E-state index contributed by atoms with van der Waals surface area (Å²) in [6.45, 7) is 3.35. The van der Waals surface area contributed by atoms with E-state index in [-0.39, 0.29) is 36.8 Å². The molecule has 1 amide bonds. The number of esters is 1. The predicted molar refractivity (Wildman–Crippen MR) is 112 cm³/mol. The molecule has 4 N–H and O–H groups in total. The van der Waals surface area contributed by atoms with Crippen molar-refractivity contribution in [3.8, 4) is 0 Å². The summed E-state index contributed by atoms with van der Waals surface area (Å²) < 4.78 is 5.13. The van der Waals surface area contributed by atoms with Crippen LogP contribution < -0.4 is 16.4 Å². The average molecular weight is 406 g/mol. The number of anilines is 3. The lowest BCUT2D eigenvalue weighted by atomic mass is 10.1. The molecule has 0 aliphatic carbocycles. The molecule has 0 fully saturated rings. The van der Waals surface area contributed by atoms with Crippen LogP contribution in [0.15, 0.2) is 48.5 Å². The van der Waals surface area contributed by atoms with E-state index in [0.29, 0.717) is 5.56 Å². The van der Waals surface area contributed by atoms with E-state index in [4.69, 9.17) is 10.5 Å². The summed E-state index contributed by atoms with van der Waals surface area (Å²) in [5.41, 5.74) is 8.99. The highest BCUT2D eigenvalue weighted by atomic mass is 16.5. The molecule has 0 bridgehead atoms. The fourth-order valence-corrected chi connectivity index (χ4v) is 2.63. The average Bonchev–Trinajstić information content (AvgIpc) is 2.72. The zero-order chi connectivity index (χ0) is 21.5. The van der Waals surface area contributed by atoms with Crippen molar-refractivity contribution >= 4 is 29.5 Å². The third kappa shape index (κ3) is 5.74. The lowest BCUT2D eigenvalue weighted by Crippen LogP contribution is -2.30. The number of nitrogens with zero attached hydrogens (tertiary/aromatic N) is 3. The molecule has 0 atom stereocenters. The van der Waals surface area contributed by atoms with Crippen LogP contribution in [-0.2, 0) is 16.1 Å². The first-order chi connectivity index (χ1) is 14.4. The van der Waals surface area contributed by atoms with Gasteiger partial charge in [-0.25, -0.2) is 0 Å². The van der Waals surface area contributed by atoms with Gasteiger partial charge in [-0.3, -0.25) is 9.59 Å². The zero-order valence-corrected chi connectivity index (χ0v) is 16.7. The molecular formula is C21H22N6O3. The van der Waals surface area contributed by atoms with Crippen molar-refractivity contribution in [2.24, 2.45) is 0 Å². The van der Waals surface area contributed by atoms with Gasteiger partial charge in [-0.2, -0.15) is 15.0 Å². The Morgan fingerprint density at radius 1 is 1.03 bits per heavy atom. The first kappa shape index (κ1) is 20.7. The Balaban J connectivity index is 1.55. The Kier molecular flexibility index (Phi) is 6.53. The molecule has 9 heteroatoms. The van der Waals surface area contributed by atoms with Gasteiger partial charge in [0.05, 0.1) is 0 Å². The van der Waals surface area contributed by atoms with Crippen LogP contribution in [0.4, 0.5) is 17.6 Å². The molecule has 9 nitrogen and oxygen atoms in total. The van der Waals surface area contributed by atoms with Crippen LogP contribution >= 0.6 is 0 Å². The molecule has 0 aliphatic heterocycles. The van der Waals surface area contributed by atoms with Gasteiger partial charge in [0.25, 0.3) is 5.91 Å². The molecular weight excluding hydrogens is 384 g/mol. The van der Waals surface area contributed by atoms with E-state index in [0.717, 1.165) is 16.8 Å². The smallest absolute Gasteiger partial charge is 0.325 e. The number of rotatable bonds is 7. The minimum atomic E-state index is -0.622. The first-order valence-corrected chi connectivity index (χ1v) is 9.24. The molecule has 0 spiro atoms. The number of hydrogen-bond acceptors (Lipinski definition) is 8. The Morgan fingerprint density at radius 3 is 2.60 bits per heavy atom. The van der Waals surface area contributed by atoms with Gasteiger partial charge in [-0.15, -0.1) is 0 Å². The molecule has 2 aromatic carbocycles. The van der Waals surface area contributed by atoms with E-state index in [9.17, 15) is 9.59 Å². The van der Waals surface area contributed by atoms with Crippen LogP contribution in [0.25, 0.3) is 0 Å². The van der Waals surface area contributed by atoms with Crippen LogP contribution in [0.5, 0.6) is 0 Å². The standard InChI is InChI=1S/C21H22N6O3/c1-13-6-5-8-15(10-13)19(29)23-11-18(28)30-12-17-25-20(22)27-21(26-17)24-16-9-4-3-7-14(16)2/h3-10H,11-12H2,1-2H3,(H,23,29)(H3,22,24,25,26,27). The van der Waals surface area contributed by atoms with Crippen LogP contribution in [-0.4, -0.2) is 33.4 Å². The maximum Gasteiger partial charge on any atom is 0.325 e. The number of aromatic nitrogens is 3. The van der Waals surface area contributed by atoms with E-state index in [1.165, 1.54) is 0 Å². The number of aryl methyl sites for hydroxylation is 2. The molecule has 0 saturated carbocycles. The van der Waals surface area contributed by atoms with Gasteiger partial charge in [0, 0.05) is 11.3 Å². The van der Waals surface area contributed by atoms with Gasteiger partial charge in [-0.05, 0) is 37.6 Å². The number of para-hydroxylation sites is 1. The lowest BCUT2D eigenvalue weighted by molar-refractivity contribution is -0.143. The molecule has 3 rings (SSSR count). The van der Waals surface area contributed by atoms with E-state index < -0.39 is 5.97 Å². The van der Waals surface area contributed by atoms with Crippen molar-refractivity contribution in [2.75, 3.05) is 17.6 Å². The van der Waals surface area contributed by atoms with Crippen LogP contribution in [0.3, 0.4) is 0 Å². The van der Waals surface area contributed by atoms with Gasteiger partial charge in [0.2, 0.25) is 11.9 Å². The normalized spacial score (nSPS) is 10.3. The quantitative estimate of drug-likeness (QED) is 0.509. The maximum absolute atomic E-state index is 12.1. The number of amides is 1. The Morgan fingerprint density at radius 2 is 1.83 bits per heavy atom. The molecule has 0 aliphatic rings. The van der Waals surface area contributed by atoms with E-state index in [1.54, 1.807) is 18.2 Å². The fourth-order valence-electron chi connectivity index (χ4n) is 2.63. The third-order valence-corrected chi connectivity index (χ3v) is 4.13. The largest absolute Gasteiger partial charge is 0.456 e. The first-order valence-electron chi connectivity index (χ1n) is 9.24. The molecule has 0 radical (unpaired) electrons. The zero-order valence-electron chi connectivity index (χ0n) is 16.7. The number of carbonyl (C=O) groups excluding carboxylic acids is 2. The summed E-state index contributed by atoms with van der Waals surface area (Å²) in [6, 6.07) is 14.7. The third-order valence-electron chi connectivity index (χ3n) is 4.13. The second kappa shape index (κ2) is 9.46. The molecule has 0 unspecified atom stereocenters. The van der Waals surface area contributed by atoms with Crippen molar-refractivity contribution in [1.29, 1.82) is 0 Å². The van der Waals surface area contributed by atoms with Crippen molar-refractivity contribution < 1.29 is 14.3 Å². The van der Waals surface area contributed by atoms with Gasteiger partial charge >= 0.3 is 5.97 Å². The highest BCUT2D eigenvalue weighted by molar-refractivity contribution is 5.96. The molecule has 154 valence electrons. The van der Waals surface area contributed by atoms with E-state index in [1.807, 2.05) is 44.2 Å². The van der Waals surface area contributed by atoms with Crippen molar-refractivity contribution in [1.82, 2.24) is 20.3 Å². The van der Waals surface area contributed by atoms with Gasteiger partial charge < -0.3 is 21.1 Å². The summed E-state index contributed by atoms with van der Waals surface area (Å²) in [6.07, 6.45) is 0. The number of nitrogens with one attached hydrogen (secondary N) is 2. The Labute approximate surface area is 173 Å². The van der Waals surface area contributed by atoms with Crippen molar-refractivity contribution in [3.05, 3.63) is 71.0 Å². The summed E-state index contributed by atoms with van der Waals surface area (Å²) >= 11 is 0. The number of nitrogen functional groups attached to an aromatic ring is 1. The number of nitrogens with two attached hydrogens (primary N) is 1. The van der Waals surface area contributed by atoms with E-state index >= 15 is 0 Å². The van der Waals surface area contributed by atoms with Crippen LogP contribution in [0.2, 0.25) is 0 Å². The van der Waals surface area contributed by atoms with E-state index in [2.05, 4.69) is 25.6 Å². The van der Waals surface area contributed by atoms with Crippen LogP contribution in [0.1, 0.15) is 27.3 Å². The van der Waals surface area contributed by atoms with Crippen molar-refractivity contribution in [3.63, 3.8) is 0 Å². The molecule has 3 aromatic rings. The number of ether oxygens (including phenoxy) is 1. The van der Waals surface area contributed by atoms with Gasteiger partial charge in [0.1, 0.15) is 6.54 Å². The highest BCUT2D eigenvalue weighted by Crippen LogP contribution is 2.17. The Hall–Kier alpha value is -4.01. The SMILES string of the molecule is Cc1cccc(C(=O)NCC(=O)OCc2nc(N)nc(Nc3ccccc3C)n2)c1. The molecule has 30 heavy (non-hydrogen) atoms. The minimum absolute atomic E-state index is 0.000108. The highest BCUT2D eigenvalue weighted by Gasteiger charge is 2.11. The second-order valence-corrected chi connectivity index (χ2v) is 6.59. The summed E-state index contributed by atoms with van der Waals surface area (Å²) in [7, 11) is 0. The second-order valence-electron chi connectivity index (χ2n) is 6.59. The predicted octanol–water partition coefficient (Wildman–Crippen LogP) is 2.29. The minimum Gasteiger partial charge on any atom is -0.456 e. The van der Waals surface area contributed by atoms with Gasteiger partial charge in [0.15, 0.2) is 12.4 Å². The number of benzene rings is 2. The monoisotopic (exact) mass is 406 g/mol. The fraction of sp³-hybridized carbons (Fsp3) is 0.190. The Bertz CT molecular complexity index is 1070. The topological polar surface area (TPSA) is 132 Å². The molecule has 1 aromatic heterocycles. The molecule has 1 heterocycles. The molecule has 0 saturated heterocycles.